The summed E-state index contributed by atoms with van der Waals surface area (Å²) in [5.41, 5.74) is 2.15. The van der Waals surface area contributed by atoms with Crippen LogP contribution in [0.5, 0.6) is 0 Å². The lowest BCUT2D eigenvalue weighted by Crippen LogP contribution is -2.13. The number of allylic oxidation sites excluding steroid dienone is 4. The van der Waals surface area contributed by atoms with Crippen LogP contribution in [-0.4, -0.2) is 15.9 Å². The van der Waals surface area contributed by atoms with Crippen molar-refractivity contribution in [1.82, 2.24) is 0 Å². The van der Waals surface area contributed by atoms with Crippen molar-refractivity contribution >= 4 is 23.1 Å². The number of carbonyl (C=O) groups is 1. The Labute approximate surface area is 89.3 Å². The molecule has 1 N–H and O–H groups in total. The van der Waals surface area contributed by atoms with Gasteiger partial charge >= 0.3 is 5.97 Å². The molecule has 3 heteroatoms. The number of thiocarbonyl (C=S) groups is 1. The van der Waals surface area contributed by atoms with E-state index in [9.17, 15) is 4.79 Å². The number of hydrogen-bond donors (Lipinski definition) is 1. The highest BCUT2D eigenvalue weighted by molar-refractivity contribution is 7.80. The first-order valence-electron chi connectivity index (χ1n) is 4.66. The van der Waals surface area contributed by atoms with E-state index in [1.807, 2.05) is 19.1 Å². The summed E-state index contributed by atoms with van der Waals surface area (Å²) >= 11 is 5.25. The fraction of sp³-hybridized carbons (Fsp3) is 0.455. The van der Waals surface area contributed by atoms with Crippen molar-refractivity contribution in [2.45, 2.75) is 26.7 Å². The van der Waals surface area contributed by atoms with Crippen molar-refractivity contribution < 1.29 is 9.90 Å². The van der Waals surface area contributed by atoms with E-state index in [1.54, 1.807) is 0 Å². The Balaban J connectivity index is 2.74. The smallest absolute Gasteiger partial charge is 0.303 e. The second-order valence-corrected chi connectivity index (χ2v) is 4.00. The van der Waals surface area contributed by atoms with Gasteiger partial charge in [0.1, 0.15) is 0 Å². The van der Waals surface area contributed by atoms with Crippen LogP contribution in [0.2, 0.25) is 0 Å². The highest BCUT2D eigenvalue weighted by Crippen LogP contribution is 2.24. The highest BCUT2D eigenvalue weighted by atomic mass is 32.1. The summed E-state index contributed by atoms with van der Waals surface area (Å²) in [4.78, 5) is 11.4. The number of aliphatic carboxylic acids is 1. The Bertz CT molecular complexity index is 326. The third kappa shape index (κ3) is 2.51. The second-order valence-electron chi connectivity index (χ2n) is 3.56. The molecule has 1 aliphatic rings. The minimum absolute atomic E-state index is 0.175. The number of carboxylic acid groups (broad SMARTS) is 1. The largest absolute Gasteiger partial charge is 0.481 e. The molecule has 1 unspecified atom stereocenters. The van der Waals surface area contributed by atoms with Crippen LogP contribution in [-0.2, 0) is 4.79 Å². The van der Waals surface area contributed by atoms with Gasteiger partial charge in [0, 0.05) is 17.2 Å². The molecule has 0 radical (unpaired) electrons. The first-order chi connectivity index (χ1) is 6.52. The lowest BCUT2D eigenvalue weighted by atomic mass is 9.89. The van der Waals surface area contributed by atoms with Gasteiger partial charge in [0.2, 0.25) is 0 Å². The minimum atomic E-state index is -0.761. The number of hydrogen-bond acceptors (Lipinski definition) is 2. The number of carboxylic acids is 1. The van der Waals surface area contributed by atoms with E-state index in [0.717, 1.165) is 16.0 Å². The molecule has 0 bridgehead atoms. The first kappa shape index (κ1) is 11.1. The monoisotopic (exact) mass is 210 g/mol. The van der Waals surface area contributed by atoms with Gasteiger partial charge in [-0.05, 0) is 24.5 Å². The van der Waals surface area contributed by atoms with Crippen LogP contribution in [0.1, 0.15) is 26.7 Å². The fourth-order valence-corrected chi connectivity index (χ4v) is 1.69. The zero-order chi connectivity index (χ0) is 10.7. The molecule has 1 rings (SSSR count). The Kier molecular flexibility index (Phi) is 3.58. The first-order valence-corrected chi connectivity index (χ1v) is 5.07. The molecule has 1 atom stereocenters. The molecule has 0 aromatic rings. The van der Waals surface area contributed by atoms with Crippen LogP contribution in [0, 0.1) is 5.92 Å². The van der Waals surface area contributed by atoms with Gasteiger partial charge in [-0.1, -0.05) is 31.3 Å². The van der Waals surface area contributed by atoms with Gasteiger partial charge in [-0.25, -0.2) is 0 Å². The van der Waals surface area contributed by atoms with E-state index in [-0.39, 0.29) is 6.42 Å². The van der Waals surface area contributed by atoms with Crippen LogP contribution < -0.4 is 0 Å². The maximum atomic E-state index is 10.4. The molecular weight excluding hydrogens is 196 g/mol. The molecule has 0 aromatic carbocycles. The van der Waals surface area contributed by atoms with E-state index >= 15 is 0 Å². The van der Waals surface area contributed by atoms with Gasteiger partial charge in [0.25, 0.3) is 0 Å². The van der Waals surface area contributed by atoms with Gasteiger partial charge in [-0.15, -0.1) is 0 Å². The van der Waals surface area contributed by atoms with E-state index in [2.05, 4.69) is 6.92 Å². The molecule has 0 heterocycles. The molecule has 0 saturated carbocycles. The molecular formula is C11H14O2S. The molecule has 0 aliphatic heterocycles. The Morgan fingerprint density at radius 2 is 2.29 bits per heavy atom. The Hall–Kier alpha value is -0.960. The summed E-state index contributed by atoms with van der Waals surface area (Å²) in [7, 11) is 0. The predicted molar refractivity (Wildman–Crippen MR) is 60.5 cm³/mol. The minimum Gasteiger partial charge on any atom is -0.481 e. The predicted octanol–water partition coefficient (Wildman–Crippen LogP) is 2.74. The molecule has 0 aromatic heterocycles. The third-order valence-electron chi connectivity index (χ3n) is 2.46. The van der Waals surface area contributed by atoms with Crippen molar-refractivity contribution in [3.63, 3.8) is 0 Å². The molecule has 76 valence electrons. The zero-order valence-corrected chi connectivity index (χ0v) is 9.23. The van der Waals surface area contributed by atoms with Crippen LogP contribution in [0.25, 0.3) is 0 Å². The third-order valence-corrected chi connectivity index (χ3v) is 3.14. The Morgan fingerprint density at radius 3 is 2.86 bits per heavy atom. The zero-order valence-electron chi connectivity index (χ0n) is 8.41. The van der Waals surface area contributed by atoms with Crippen LogP contribution >= 0.6 is 12.2 Å². The van der Waals surface area contributed by atoms with Crippen molar-refractivity contribution in [3.05, 3.63) is 23.3 Å². The lowest BCUT2D eigenvalue weighted by Gasteiger charge is -2.18. The molecule has 0 saturated heterocycles. The van der Waals surface area contributed by atoms with Crippen molar-refractivity contribution in [2.24, 2.45) is 5.92 Å². The van der Waals surface area contributed by atoms with E-state index < -0.39 is 5.97 Å². The summed E-state index contributed by atoms with van der Waals surface area (Å²) in [6.07, 6.45) is 4.78. The van der Waals surface area contributed by atoms with Crippen molar-refractivity contribution in [2.75, 3.05) is 0 Å². The molecule has 0 fully saturated rings. The van der Waals surface area contributed by atoms with Crippen LogP contribution in [0.4, 0.5) is 0 Å². The summed E-state index contributed by atoms with van der Waals surface area (Å²) in [5.74, 6) is -0.457. The quantitative estimate of drug-likeness (QED) is 0.728. The van der Waals surface area contributed by atoms with Gasteiger partial charge in [0.15, 0.2) is 0 Å². The summed E-state index contributed by atoms with van der Waals surface area (Å²) in [6, 6.07) is 0. The normalized spacial score (nSPS) is 21.6. The van der Waals surface area contributed by atoms with Gasteiger partial charge < -0.3 is 5.11 Å². The average molecular weight is 210 g/mol. The number of rotatable bonds is 3. The van der Waals surface area contributed by atoms with E-state index in [4.69, 9.17) is 17.3 Å². The topological polar surface area (TPSA) is 37.3 Å². The second kappa shape index (κ2) is 4.51. The summed E-state index contributed by atoms with van der Waals surface area (Å²) in [5, 5.41) is 8.57. The molecule has 1 aliphatic carbocycles. The molecule has 14 heavy (non-hydrogen) atoms. The highest BCUT2D eigenvalue weighted by Gasteiger charge is 2.15. The molecule has 0 amide bonds. The standard InChI is InChI=1S/C11H14O2S/c1-7-3-4-9(5-6-10(12)13)8(2)11(7)14/h3-4,7H,5-6H2,1-2H3,(H,12,13). The summed E-state index contributed by atoms with van der Waals surface area (Å²) in [6.45, 7) is 4.02. The van der Waals surface area contributed by atoms with Crippen molar-refractivity contribution in [3.8, 4) is 0 Å². The summed E-state index contributed by atoms with van der Waals surface area (Å²) < 4.78 is 0. The fourth-order valence-electron chi connectivity index (χ4n) is 1.49. The van der Waals surface area contributed by atoms with E-state index in [0.29, 0.717) is 12.3 Å². The van der Waals surface area contributed by atoms with Gasteiger partial charge in [0.05, 0.1) is 0 Å². The average Bonchev–Trinajstić information content (AvgIpc) is 2.13. The molecule has 2 nitrogen and oxygen atoms in total. The van der Waals surface area contributed by atoms with Crippen LogP contribution in [0.15, 0.2) is 23.3 Å². The van der Waals surface area contributed by atoms with Gasteiger partial charge in [-0.2, -0.15) is 0 Å². The maximum absolute atomic E-state index is 10.4. The maximum Gasteiger partial charge on any atom is 0.303 e. The lowest BCUT2D eigenvalue weighted by molar-refractivity contribution is -0.136. The van der Waals surface area contributed by atoms with Gasteiger partial charge in [-0.3, -0.25) is 4.79 Å². The SMILES string of the molecule is CC1=C(CCC(=O)O)C=CC(C)C1=S. The Morgan fingerprint density at radius 1 is 1.64 bits per heavy atom. The molecule has 0 spiro atoms. The van der Waals surface area contributed by atoms with Crippen molar-refractivity contribution in [1.29, 1.82) is 0 Å². The van der Waals surface area contributed by atoms with E-state index in [1.165, 1.54) is 0 Å². The van der Waals surface area contributed by atoms with Crippen LogP contribution in [0.3, 0.4) is 0 Å².